The zero-order chi connectivity index (χ0) is 17.1. The van der Waals surface area contributed by atoms with Gasteiger partial charge in [0.2, 0.25) is 0 Å². The topological polar surface area (TPSA) is 126 Å². The number of nitrogens with one attached hydrogen (secondary N) is 1. The molecule has 0 aliphatic heterocycles. The highest BCUT2D eigenvalue weighted by atomic mass is 16.6. The number of H-pyrrole nitrogens is 1. The van der Waals surface area contributed by atoms with Crippen molar-refractivity contribution in [1.29, 1.82) is 5.26 Å². The Labute approximate surface area is 130 Å². The van der Waals surface area contributed by atoms with Crippen molar-refractivity contribution < 1.29 is 14.5 Å². The minimum Gasteiger partial charge on any atom is -0.465 e. The number of esters is 1. The smallest absolute Gasteiger partial charge is 0.345 e. The number of nitrogens with zero attached hydrogens (tertiary/aromatic N) is 2. The Bertz CT molecular complexity index is 908. The van der Waals surface area contributed by atoms with Crippen molar-refractivity contribution in [3.8, 4) is 17.2 Å². The van der Waals surface area contributed by atoms with E-state index in [0.717, 1.165) is 13.2 Å². The van der Waals surface area contributed by atoms with Crippen molar-refractivity contribution in [1.82, 2.24) is 4.98 Å². The van der Waals surface area contributed by atoms with Crippen molar-refractivity contribution in [2.45, 2.75) is 6.92 Å². The van der Waals surface area contributed by atoms with E-state index in [9.17, 15) is 25.0 Å². The quantitative estimate of drug-likeness (QED) is 0.524. The molecule has 0 saturated carbocycles. The molecule has 0 amide bonds. The molecule has 2 aromatic rings. The summed E-state index contributed by atoms with van der Waals surface area (Å²) in [5.41, 5.74) is -0.954. The summed E-state index contributed by atoms with van der Waals surface area (Å²) in [6, 6.07) is 7.19. The number of hydrogen-bond donors (Lipinski definition) is 1. The number of nitro groups is 1. The van der Waals surface area contributed by atoms with E-state index in [4.69, 9.17) is 0 Å². The van der Waals surface area contributed by atoms with Crippen LogP contribution in [0.3, 0.4) is 0 Å². The van der Waals surface area contributed by atoms with E-state index in [-0.39, 0.29) is 22.3 Å². The number of aromatic amines is 1. The lowest BCUT2D eigenvalue weighted by atomic mass is 9.95. The fourth-order valence-electron chi connectivity index (χ4n) is 2.25. The van der Waals surface area contributed by atoms with Crippen LogP contribution in [0.5, 0.6) is 0 Å². The molecule has 8 nitrogen and oxygen atoms in total. The number of ether oxygens (including phenoxy) is 1. The monoisotopic (exact) mass is 313 g/mol. The first-order valence-corrected chi connectivity index (χ1v) is 6.40. The maximum Gasteiger partial charge on any atom is 0.345 e. The van der Waals surface area contributed by atoms with Gasteiger partial charge in [0.15, 0.2) is 0 Å². The first kappa shape index (κ1) is 15.9. The third kappa shape index (κ3) is 2.80. The zero-order valence-electron chi connectivity index (χ0n) is 12.2. The van der Waals surface area contributed by atoms with E-state index in [1.165, 1.54) is 18.2 Å². The largest absolute Gasteiger partial charge is 0.465 e. The highest BCUT2D eigenvalue weighted by Crippen LogP contribution is 2.32. The predicted octanol–water partition coefficient (Wildman–Crippen LogP) is 1.92. The Balaban J connectivity index is 2.93. The highest BCUT2D eigenvalue weighted by molar-refractivity contribution is 6.02. The van der Waals surface area contributed by atoms with Crippen LogP contribution in [0.4, 0.5) is 5.69 Å². The molecular formula is C15H11N3O5. The number of nitriles is 1. The molecule has 0 atom stereocenters. The molecule has 1 aromatic carbocycles. The second kappa shape index (κ2) is 6.11. The van der Waals surface area contributed by atoms with Crippen molar-refractivity contribution in [3.05, 3.63) is 61.6 Å². The summed E-state index contributed by atoms with van der Waals surface area (Å²) in [5, 5.41) is 20.4. The third-order valence-corrected chi connectivity index (χ3v) is 3.20. The summed E-state index contributed by atoms with van der Waals surface area (Å²) in [6.07, 6.45) is 0. The molecule has 2 rings (SSSR count). The zero-order valence-corrected chi connectivity index (χ0v) is 12.2. The normalized spacial score (nSPS) is 9.96. The van der Waals surface area contributed by atoms with Crippen molar-refractivity contribution >= 4 is 11.7 Å². The van der Waals surface area contributed by atoms with Gasteiger partial charge < -0.3 is 9.72 Å². The lowest BCUT2D eigenvalue weighted by molar-refractivity contribution is -0.385. The van der Waals surface area contributed by atoms with Crippen LogP contribution >= 0.6 is 0 Å². The van der Waals surface area contributed by atoms with Crippen LogP contribution < -0.4 is 5.56 Å². The average molecular weight is 313 g/mol. The molecule has 0 aliphatic rings. The second-order valence-corrected chi connectivity index (χ2v) is 4.63. The molecule has 1 aromatic heterocycles. The number of aryl methyl sites for hydroxylation is 1. The molecule has 116 valence electrons. The number of rotatable bonds is 3. The highest BCUT2D eigenvalue weighted by Gasteiger charge is 2.27. The number of carbonyl (C=O) groups excluding carboxylic acids is 1. The molecule has 0 bridgehead atoms. The van der Waals surface area contributed by atoms with Crippen LogP contribution in [0.25, 0.3) is 11.1 Å². The van der Waals surface area contributed by atoms with Gasteiger partial charge in [0.05, 0.1) is 12.0 Å². The van der Waals surface area contributed by atoms with Crippen LogP contribution in [0, 0.1) is 28.4 Å². The summed E-state index contributed by atoms with van der Waals surface area (Å²) in [6.45, 7) is 1.60. The summed E-state index contributed by atoms with van der Waals surface area (Å²) >= 11 is 0. The van der Waals surface area contributed by atoms with Gasteiger partial charge in [0, 0.05) is 22.9 Å². The minimum absolute atomic E-state index is 0.0943. The average Bonchev–Trinajstić information content (AvgIpc) is 2.52. The number of aromatic nitrogens is 1. The van der Waals surface area contributed by atoms with E-state index in [2.05, 4.69) is 9.72 Å². The second-order valence-electron chi connectivity index (χ2n) is 4.63. The molecular weight excluding hydrogens is 302 g/mol. The Morgan fingerprint density at radius 1 is 1.39 bits per heavy atom. The van der Waals surface area contributed by atoms with Crippen LogP contribution in [0.1, 0.15) is 21.6 Å². The van der Waals surface area contributed by atoms with Gasteiger partial charge in [-0.2, -0.15) is 5.26 Å². The lowest BCUT2D eigenvalue weighted by Crippen LogP contribution is -2.14. The standard InChI is InChI=1S/C15H11N3O5/c1-8-6-10(11(7-16)14(19)17-8)9-4-3-5-12(18(21)22)13(9)15(20)23-2/h3-6H,1-2H3,(H,17,19). The number of pyridine rings is 1. The Morgan fingerprint density at radius 2 is 2.09 bits per heavy atom. The number of nitro benzene ring substituents is 1. The van der Waals surface area contributed by atoms with Gasteiger partial charge in [-0.1, -0.05) is 12.1 Å². The van der Waals surface area contributed by atoms with Crippen LogP contribution in [-0.4, -0.2) is 23.0 Å². The van der Waals surface area contributed by atoms with E-state index in [1.54, 1.807) is 13.0 Å². The van der Waals surface area contributed by atoms with Crippen LogP contribution in [0.2, 0.25) is 0 Å². The summed E-state index contributed by atoms with van der Waals surface area (Å²) in [5.74, 6) is -0.922. The van der Waals surface area contributed by atoms with E-state index in [1.807, 2.05) is 0 Å². The number of hydrogen-bond acceptors (Lipinski definition) is 6. The molecule has 0 saturated heterocycles. The maximum atomic E-state index is 12.0. The molecule has 1 heterocycles. The van der Waals surface area contributed by atoms with Gasteiger partial charge in [-0.3, -0.25) is 14.9 Å². The molecule has 0 spiro atoms. The Hall–Kier alpha value is -3.47. The van der Waals surface area contributed by atoms with Gasteiger partial charge >= 0.3 is 5.97 Å². The van der Waals surface area contributed by atoms with E-state index >= 15 is 0 Å². The number of carbonyl (C=O) groups is 1. The van der Waals surface area contributed by atoms with E-state index in [0.29, 0.717) is 5.69 Å². The molecule has 0 radical (unpaired) electrons. The molecule has 1 N–H and O–H groups in total. The minimum atomic E-state index is -0.922. The van der Waals surface area contributed by atoms with Gasteiger partial charge in [0.1, 0.15) is 17.2 Å². The molecule has 0 aliphatic carbocycles. The van der Waals surface area contributed by atoms with Crippen LogP contribution in [-0.2, 0) is 4.74 Å². The molecule has 0 fully saturated rings. The van der Waals surface area contributed by atoms with Gasteiger partial charge in [-0.05, 0) is 13.0 Å². The van der Waals surface area contributed by atoms with Gasteiger partial charge in [0.25, 0.3) is 11.2 Å². The van der Waals surface area contributed by atoms with Crippen molar-refractivity contribution in [3.63, 3.8) is 0 Å². The number of benzene rings is 1. The summed E-state index contributed by atoms with van der Waals surface area (Å²) in [4.78, 5) is 36.8. The molecule has 23 heavy (non-hydrogen) atoms. The Morgan fingerprint density at radius 3 is 2.65 bits per heavy atom. The van der Waals surface area contributed by atoms with Crippen molar-refractivity contribution in [2.75, 3.05) is 7.11 Å². The Kier molecular flexibility index (Phi) is 4.23. The van der Waals surface area contributed by atoms with E-state index < -0.39 is 22.1 Å². The fourth-order valence-corrected chi connectivity index (χ4v) is 2.25. The van der Waals surface area contributed by atoms with Gasteiger partial charge in [-0.15, -0.1) is 0 Å². The summed E-state index contributed by atoms with van der Waals surface area (Å²) < 4.78 is 4.61. The predicted molar refractivity (Wildman–Crippen MR) is 79.9 cm³/mol. The summed E-state index contributed by atoms with van der Waals surface area (Å²) in [7, 11) is 1.09. The SMILES string of the molecule is COC(=O)c1c(-c2cc(C)[nH]c(=O)c2C#N)cccc1[N+](=O)[O-]. The fraction of sp³-hybridized carbons (Fsp3) is 0.133. The molecule has 8 heteroatoms. The van der Waals surface area contributed by atoms with Crippen LogP contribution in [0.15, 0.2) is 29.1 Å². The van der Waals surface area contributed by atoms with Crippen molar-refractivity contribution in [2.24, 2.45) is 0 Å². The van der Waals surface area contributed by atoms with Gasteiger partial charge in [-0.25, -0.2) is 4.79 Å². The third-order valence-electron chi connectivity index (χ3n) is 3.20. The lowest BCUT2D eigenvalue weighted by Gasteiger charge is -2.10. The number of methoxy groups -OCH3 is 1. The first-order chi connectivity index (χ1) is 10.9. The first-order valence-electron chi connectivity index (χ1n) is 6.40. The molecule has 0 unspecified atom stereocenters. The maximum absolute atomic E-state index is 12.0.